The van der Waals surface area contributed by atoms with Gasteiger partial charge in [0.1, 0.15) is 23.9 Å². The Hall–Kier alpha value is -2.61. The van der Waals surface area contributed by atoms with Crippen LogP contribution in [0.4, 0.5) is 18.9 Å². The summed E-state index contributed by atoms with van der Waals surface area (Å²) in [5, 5.41) is 2.59. The first-order valence-corrected chi connectivity index (χ1v) is 6.14. The summed E-state index contributed by atoms with van der Waals surface area (Å²) < 4.78 is 45.2. The van der Waals surface area contributed by atoms with Crippen molar-refractivity contribution in [1.82, 2.24) is 0 Å². The molecule has 2 rings (SSSR count). The minimum Gasteiger partial charge on any atom is -0.481 e. The average molecular weight is 291 g/mol. The molecule has 5 heteroatoms. The van der Waals surface area contributed by atoms with Crippen LogP contribution in [0.3, 0.4) is 0 Å². The van der Waals surface area contributed by atoms with E-state index in [-0.39, 0.29) is 18.8 Å². The first kappa shape index (κ1) is 14.8. The van der Waals surface area contributed by atoms with Gasteiger partial charge >= 0.3 is 0 Å². The summed E-state index contributed by atoms with van der Waals surface area (Å²) in [7, 11) is 0. The fourth-order valence-electron chi connectivity index (χ4n) is 1.80. The molecule has 0 amide bonds. The van der Waals surface area contributed by atoms with Crippen LogP contribution in [0.25, 0.3) is 0 Å². The Balaban J connectivity index is 2.16. The van der Waals surface area contributed by atoms with Gasteiger partial charge < -0.3 is 10.1 Å². The summed E-state index contributed by atoms with van der Waals surface area (Å²) in [5.41, 5.74) is 0.291. The van der Waals surface area contributed by atoms with Crippen molar-refractivity contribution in [2.75, 3.05) is 11.9 Å². The van der Waals surface area contributed by atoms with Crippen LogP contribution >= 0.6 is 0 Å². The van der Waals surface area contributed by atoms with Gasteiger partial charge in [-0.2, -0.15) is 0 Å². The van der Waals surface area contributed by atoms with Crippen molar-refractivity contribution in [2.45, 2.75) is 6.54 Å². The second-order valence-electron chi connectivity index (χ2n) is 4.20. The van der Waals surface area contributed by atoms with Crippen LogP contribution in [-0.4, -0.2) is 6.61 Å². The maximum Gasteiger partial charge on any atom is 0.152 e. The molecule has 0 atom stereocenters. The highest BCUT2D eigenvalue weighted by atomic mass is 19.1. The zero-order chi connectivity index (χ0) is 15.2. The molecule has 0 aliphatic rings. The lowest BCUT2D eigenvalue weighted by Crippen LogP contribution is -2.06. The van der Waals surface area contributed by atoms with Gasteiger partial charge in [-0.1, -0.05) is 24.1 Å². The third-order valence-corrected chi connectivity index (χ3v) is 2.75. The summed E-state index contributed by atoms with van der Waals surface area (Å²) in [6.07, 6.45) is 5.12. The second kappa shape index (κ2) is 6.71. The smallest absolute Gasteiger partial charge is 0.152 e. The molecule has 2 aromatic carbocycles. The highest BCUT2D eigenvalue weighted by molar-refractivity contribution is 5.48. The second-order valence-corrected chi connectivity index (χ2v) is 4.20. The van der Waals surface area contributed by atoms with Gasteiger partial charge in [-0.25, -0.2) is 13.2 Å². The van der Waals surface area contributed by atoms with Crippen molar-refractivity contribution in [3.8, 4) is 18.1 Å². The number of ether oxygens (including phenoxy) is 1. The molecule has 0 radical (unpaired) electrons. The van der Waals surface area contributed by atoms with Crippen LogP contribution in [0.5, 0.6) is 5.75 Å². The zero-order valence-electron chi connectivity index (χ0n) is 11.0. The van der Waals surface area contributed by atoms with Gasteiger partial charge in [0.15, 0.2) is 11.6 Å². The van der Waals surface area contributed by atoms with E-state index >= 15 is 0 Å². The normalized spacial score (nSPS) is 10.0. The molecular formula is C16H12F3NO. The maximum absolute atomic E-state index is 13.5. The van der Waals surface area contributed by atoms with Crippen molar-refractivity contribution in [2.24, 2.45) is 0 Å². The highest BCUT2D eigenvalue weighted by Crippen LogP contribution is 2.23. The van der Waals surface area contributed by atoms with Gasteiger partial charge in [0.05, 0.1) is 0 Å². The number of anilines is 1. The number of hydrogen-bond donors (Lipinski definition) is 1. The molecular weight excluding hydrogens is 279 g/mol. The van der Waals surface area contributed by atoms with Crippen molar-refractivity contribution < 1.29 is 17.9 Å². The molecule has 0 heterocycles. The molecule has 0 fully saturated rings. The number of rotatable bonds is 5. The van der Waals surface area contributed by atoms with Crippen molar-refractivity contribution in [3.05, 3.63) is 59.4 Å². The van der Waals surface area contributed by atoms with Gasteiger partial charge in [0, 0.05) is 24.2 Å². The summed E-state index contributed by atoms with van der Waals surface area (Å²) >= 11 is 0. The molecule has 0 spiro atoms. The van der Waals surface area contributed by atoms with Crippen LogP contribution in [0.2, 0.25) is 0 Å². The number of halogens is 3. The summed E-state index contributed by atoms with van der Waals surface area (Å²) in [6, 6.07) is 8.19. The van der Waals surface area contributed by atoms with Gasteiger partial charge in [0.2, 0.25) is 0 Å². The molecule has 0 unspecified atom stereocenters. The van der Waals surface area contributed by atoms with E-state index in [0.29, 0.717) is 23.4 Å². The first-order valence-electron chi connectivity index (χ1n) is 6.14. The molecule has 108 valence electrons. The largest absolute Gasteiger partial charge is 0.481 e. The summed E-state index contributed by atoms with van der Waals surface area (Å²) in [6.45, 7) is 0.205. The van der Waals surface area contributed by atoms with Crippen LogP contribution in [0.1, 0.15) is 5.56 Å². The third kappa shape index (κ3) is 3.69. The first-order chi connectivity index (χ1) is 10.1. The van der Waals surface area contributed by atoms with Crippen LogP contribution in [0.15, 0.2) is 36.4 Å². The third-order valence-electron chi connectivity index (χ3n) is 2.75. The Labute approximate surface area is 120 Å². The minimum absolute atomic E-state index is 0.0935. The molecule has 0 aliphatic carbocycles. The molecule has 0 aliphatic heterocycles. The molecule has 0 aromatic heterocycles. The predicted octanol–water partition coefficient (Wildman–Crippen LogP) is 3.73. The van der Waals surface area contributed by atoms with E-state index in [1.54, 1.807) is 24.3 Å². The average Bonchev–Trinajstić information content (AvgIpc) is 2.45. The van der Waals surface area contributed by atoms with E-state index in [1.165, 1.54) is 0 Å². The maximum atomic E-state index is 13.5. The Bertz CT molecular complexity index is 656. The van der Waals surface area contributed by atoms with Gasteiger partial charge in [0.25, 0.3) is 0 Å². The van der Waals surface area contributed by atoms with Gasteiger partial charge in [-0.15, -0.1) is 6.42 Å². The molecule has 0 saturated heterocycles. The Morgan fingerprint density at radius 3 is 2.43 bits per heavy atom. The van der Waals surface area contributed by atoms with Crippen LogP contribution in [0, 0.1) is 29.8 Å². The van der Waals surface area contributed by atoms with E-state index in [2.05, 4.69) is 11.2 Å². The molecule has 0 saturated carbocycles. The highest BCUT2D eigenvalue weighted by Gasteiger charge is 2.12. The number of nitrogens with one attached hydrogen (secondary N) is 1. The topological polar surface area (TPSA) is 21.3 Å². The molecule has 0 bridgehead atoms. The number of hydrogen-bond acceptors (Lipinski definition) is 2. The van der Waals surface area contributed by atoms with E-state index in [1.807, 2.05) is 0 Å². The fourth-order valence-corrected chi connectivity index (χ4v) is 1.80. The monoisotopic (exact) mass is 291 g/mol. The number of terminal acetylenes is 1. The summed E-state index contributed by atoms with van der Waals surface area (Å²) in [5.74, 6) is -0.0902. The van der Waals surface area contributed by atoms with Gasteiger partial charge in [-0.3, -0.25) is 0 Å². The van der Waals surface area contributed by atoms with Crippen molar-refractivity contribution >= 4 is 5.69 Å². The number of benzene rings is 2. The van der Waals surface area contributed by atoms with Gasteiger partial charge in [-0.05, 0) is 6.07 Å². The lowest BCUT2D eigenvalue weighted by Gasteiger charge is -2.12. The van der Waals surface area contributed by atoms with Crippen LogP contribution in [-0.2, 0) is 6.54 Å². The molecule has 21 heavy (non-hydrogen) atoms. The number of para-hydroxylation sites is 1. The van der Waals surface area contributed by atoms with Crippen molar-refractivity contribution in [3.63, 3.8) is 0 Å². The van der Waals surface area contributed by atoms with E-state index in [4.69, 9.17) is 11.2 Å². The molecule has 2 nitrogen and oxygen atoms in total. The van der Waals surface area contributed by atoms with E-state index in [9.17, 15) is 13.2 Å². The minimum atomic E-state index is -0.991. The Kier molecular flexibility index (Phi) is 4.72. The lowest BCUT2D eigenvalue weighted by molar-refractivity contribution is 0.366. The lowest BCUT2D eigenvalue weighted by atomic mass is 10.2. The summed E-state index contributed by atoms with van der Waals surface area (Å²) in [4.78, 5) is 0. The quantitative estimate of drug-likeness (QED) is 0.848. The Morgan fingerprint density at radius 1 is 1.10 bits per heavy atom. The zero-order valence-corrected chi connectivity index (χ0v) is 11.0. The fraction of sp³-hybridized carbons (Fsp3) is 0.125. The van der Waals surface area contributed by atoms with E-state index < -0.39 is 17.5 Å². The van der Waals surface area contributed by atoms with Crippen LogP contribution < -0.4 is 10.1 Å². The SMILES string of the molecule is C#CCOc1ccccc1CNc1c(F)cc(F)cc1F. The predicted molar refractivity (Wildman–Crippen MR) is 74.4 cm³/mol. The molecule has 1 N–H and O–H groups in total. The Morgan fingerprint density at radius 2 is 1.76 bits per heavy atom. The standard InChI is InChI=1S/C16H12F3NO/c1-2-7-21-15-6-4-3-5-11(15)10-20-16-13(18)8-12(17)9-14(16)19/h1,3-6,8-9,20H,7,10H2. The van der Waals surface area contributed by atoms with E-state index in [0.717, 1.165) is 0 Å². The van der Waals surface area contributed by atoms with Crippen molar-refractivity contribution in [1.29, 1.82) is 0 Å². The molecule has 2 aromatic rings.